The number of hydrogen-bond donors (Lipinski definition) is 1. The van der Waals surface area contributed by atoms with E-state index in [4.69, 9.17) is 4.74 Å². The number of ether oxygens (including phenoxy) is 1. The number of hydrogen-bond acceptors (Lipinski definition) is 2. The van der Waals surface area contributed by atoms with Crippen molar-refractivity contribution in [3.05, 3.63) is 29.3 Å². The molecule has 0 bridgehead atoms. The van der Waals surface area contributed by atoms with Crippen molar-refractivity contribution in [1.82, 2.24) is 5.32 Å². The van der Waals surface area contributed by atoms with Gasteiger partial charge in [0.05, 0.1) is 6.54 Å². The molecule has 3 nitrogen and oxygen atoms in total. The lowest BCUT2D eigenvalue weighted by atomic mass is 10.1. The summed E-state index contributed by atoms with van der Waals surface area (Å²) in [6.45, 7) is 9.26. The molecule has 1 aromatic rings. The summed E-state index contributed by atoms with van der Waals surface area (Å²) in [6, 6.07) is 6.02. The molecule has 0 radical (unpaired) electrons. The number of amides is 1. The van der Waals surface area contributed by atoms with Gasteiger partial charge in [0.2, 0.25) is 5.91 Å². The van der Waals surface area contributed by atoms with Gasteiger partial charge in [-0.1, -0.05) is 19.9 Å². The molecule has 0 heterocycles. The Labute approximate surface area is 110 Å². The Morgan fingerprint density at radius 2 is 2.00 bits per heavy atom. The number of benzene rings is 1. The SMILES string of the molecule is Cc1ccc(OCCNC(=O)CC(C)C)cc1C. The van der Waals surface area contributed by atoms with E-state index >= 15 is 0 Å². The van der Waals surface area contributed by atoms with E-state index in [1.54, 1.807) is 0 Å². The third-order valence-electron chi connectivity index (χ3n) is 2.76. The van der Waals surface area contributed by atoms with E-state index in [1.165, 1.54) is 11.1 Å². The first kappa shape index (κ1) is 14.6. The summed E-state index contributed by atoms with van der Waals surface area (Å²) in [5, 5.41) is 2.85. The van der Waals surface area contributed by atoms with Crippen molar-refractivity contribution < 1.29 is 9.53 Å². The van der Waals surface area contributed by atoms with Crippen LogP contribution in [0, 0.1) is 19.8 Å². The fourth-order valence-corrected chi connectivity index (χ4v) is 1.61. The Morgan fingerprint density at radius 1 is 1.28 bits per heavy atom. The minimum Gasteiger partial charge on any atom is -0.492 e. The quantitative estimate of drug-likeness (QED) is 0.787. The van der Waals surface area contributed by atoms with Crippen molar-refractivity contribution in [2.75, 3.05) is 13.2 Å². The van der Waals surface area contributed by atoms with Gasteiger partial charge in [-0.2, -0.15) is 0 Å². The van der Waals surface area contributed by atoms with E-state index in [0.717, 1.165) is 5.75 Å². The van der Waals surface area contributed by atoms with Crippen molar-refractivity contribution in [1.29, 1.82) is 0 Å². The van der Waals surface area contributed by atoms with Crippen LogP contribution in [0.3, 0.4) is 0 Å². The molecule has 0 saturated carbocycles. The van der Waals surface area contributed by atoms with Crippen molar-refractivity contribution in [3.8, 4) is 5.75 Å². The van der Waals surface area contributed by atoms with Crippen LogP contribution in [-0.2, 0) is 4.79 Å². The van der Waals surface area contributed by atoms with Crippen LogP contribution in [0.5, 0.6) is 5.75 Å². The van der Waals surface area contributed by atoms with Crippen LogP contribution in [0.4, 0.5) is 0 Å². The van der Waals surface area contributed by atoms with Crippen molar-refractivity contribution in [3.63, 3.8) is 0 Å². The monoisotopic (exact) mass is 249 g/mol. The Hall–Kier alpha value is -1.51. The number of nitrogens with one attached hydrogen (secondary N) is 1. The van der Waals surface area contributed by atoms with Crippen LogP contribution in [0.15, 0.2) is 18.2 Å². The highest BCUT2D eigenvalue weighted by atomic mass is 16.5. The van der Waals surface area contributed by atoms with Crippen LogP contribution < -0.4 is 10.1 Å². The Bertz CT molecular complexity index is 399. The molecule has 0 aliphatic heterocycles. The van der Waals surface area contributed by atoms with Crippen LogP contribution >= 0.6 is 0 Å². The summed E-state index contributed by atoms with van der Waals surface area (Å²) in [4.78, 5) is 11.4. The first-order valence-corrected chi connectivity index (χ1v) is 6.46. The zero-order valence-corrected chi connectivity index (χ0v) is 11.7. The molecule has 0 fully saturated rings. The van der Waals surface area contributed by atoms with E-state index in [0.29, 0.717) is 25.5 Å². The average molecular weight is 249 g/mol. The zero-order chi connectivity index (χ0) is 13.5. The number of aryl methyl sites for hydroxylation is 2. The second-order valence-corrected chi connectivity index (χ2v) is 5.04. The van der Waals surface area contributed by atoms with Gasteiger partial charge in [-0.25, -0.2) is 0 Å². The summed E-state index contributed by atoms with van der Waals surface area (Å²) in [6.07, 6.45) is 0.573. The highest BCUT2D eigenvalue weighted by Gasteiger charge is 2.03. The molecule has 1 N–H and O–H groups in total. The molecular formula is C15H23NO2. The van der Waals surface area contributed by atoms with Gasteiger partial charge in [0, 0.05) is 6.42 Å². The van der Waals surface area contributed by atoms with E-state index in [9.17, 15) is 4.79 Å². The Balaban J connectivity index is 2.25. The molecule has 0 atom stereocenters. The van der Waals surface area contributed by atoms with Gasteiger partial charge >= 0.3 is 0 Å². The van der Waals surface area contributed by atoms with Crippen molar-refractivity contribution in [2.45, 2.75) is 34.1 Å². The standard InChI is InChI=1S/C15H23NO2/c1-11(2)9-15(17)16-7-8-18-14-6-5-12(3)13(4)10-14/h5-6,10-11H,7-9H2,1-4H3,(H,16,17). The van der Waals surface area contributed by atoms with Gasteiger partial charge in [-0.05, 0) is 43.0 Å². The normalized spacial score (nSPS) is 10.5. The lowest BCUT2D eigenvalue weighted by molar-refractivity contribution is -0.121. The Morgan fingerprint density at radius 3 is 2.61 bits per heavy atom. The molecule has 0 aliphatic rings. The number of carbonyl (C=O) groups excluding carboxylic acids is 1. The minimum absolute atomic E-state index is 0.0914. The molecule has 0 unspecified atom stereocenters. The third kappa shape index (κ3) is 5.21. The predicted octanol–water partition coefficient (Wildman–Crippen LogP) is 2.84. The fourth-order valence-electron chi connectivity index (χ4n) is 1.61. The van der Waals surface area contributed by atoms with Crippen LogP contribution in [0.1, 0.15) is 31.4 Å². The highest BCUT2D eigenvalue weighted by Crippen LogP contribution is 2.15. The van der Waals surface area contributed by atoms with E-state index in [-0.39, 0.29) is 5.91 Å². The third-order valence-corrected chi connectivity index (χ3v) is 2.76. The lowest BCUT2D eigenvalue weighted by Crippen LogP contribution is -2.28. The maximum Gasteiger partial charge on any atom is 0.220 e. The van der Waals surface area contributed by atoms with Gasteiger partial charge in [0.15, 0.2) is 0 Å². The first-order chi connectivity index (χ1) is 8.49. The van der Waals surface area contributed by atoms with Gasteiger partial charge in [0.1, 0.15) is 12.4 Å². The van der Waals surface area contributed by atoms with Gasteiger partial charge in [-0.3, -0.25) is 4.79 Å². The molecule has 0 aliphatic carbocycles. The van der Waals surface area contributed by atoms with E-state index < -0.39 is 0 Å². The molecule has 1 rings (SSSR count). The maximum atomic E-state index is 11.4. The van der Waals surface area contributed by atoms with Gasteiger partial charge in [-0.15, -0.1) is 0 Å². The van der Waals surface area contributed by atoms with Crippen molar-refractivity contribution in [2.24, 2.45) is 5.92 Å². The van der Waals surface area contributed by atoms with E-state index in [1.807, 2.05) is 32.0 Å². The first-order valence-electron chi connectivity index (χ1n) is 6.46. The summed E-state index contributed by atoms with van der Waals surface area (Å²) in [5.74, 6) is 1.34. The second-order valence-electron chi connectivity index (χ2n) is 5.04. The van der Waals surface area contributed by atoms with Gasteiger partial charge in [0.25, 0.3) is 0 Å². The van der Waals surface area contributed by atoms with Crippen LogP contribution in [-0.4, -0.2) is 19.1 Å². The molecule has 1 aromatic carbocycles. The predicted molar refractivity (Wildman–Crippen MR) is 73.9 cm³/mol. The number of carbonyl (C=O) groups is 1. The Kier molecular flexibility index (Phi) is 5.69. The maximum absolute atomic E-state index is 11.4. The van der Waals surface area contributed by atoms with Gasteiger partial charge < -0.3 is 10.1 Å². The molecule has 0 spiro atoms. The summed E-state index contributed by atoms with van der Waals surface area (Å²) in [5.41, 5.74) is 2.48. The largest absolute Gasteiger partial charge is 0.492 e. The summed E-state index contributed by atoms with van der Waals surface area (Å²) in [7, 11) is 0. The fraction of sp³-hybridized carbons (Fsp3) is 0.533. The van der Waals surface area contributed by atoms with Crippen LogP contribution in [0.2, 0.25) is 0 Å². The number of rotatable bonds is 6. The van der Waals surface area contributed by atoms with Crippen LogP contribution in [0.25, 0.3) is 0 Å². The minimum atomic E-state index is 0.0914. The molecular weight excluding hydrogens is 226 g/mol. The molecule has 100 valence electrons. The molecule has 1 amide bonds. The topological polar surface area (TPSA) is 38.3 Å². The smallest absolute Gasteiger partial charge is 0.220 e. The molecule has 0 saturated heterocycles. The lowest BCUT2D eigenvalue weighted by Gasteiger charge is -2.10. The summed E-state index contributed by atoms with van der Waals surface area (Å²) >= 11 is 0. The van der Waals surface area contributed by atoms with Crippen molar-refractivity contribution >= 4 is 5.91 Å². The second kappa shape index (κ2) is 7.04. The highest BCUT2D eigenvalue weighted by molar-refractivity contribution is 5.75. The van der Waals surface area contributed by atoms with E-state index in [2.05, 4.69) is 19.2 Å². The average Bonchev–Trinajstić information content (AvgIpc) is 2.28. The zero-order valence-electron chi connectivity index (χ0n) is 11.7. The summed E-state index contributed by atoms with van der Waals surface area (Å²) < 4.78 is 5.58. The molecule has 0 aromatic heterocycles. The molecule has 3 heteroatoms. The molecule has 18 heavy (non-hydrogen) atoms.